The molecule has 0 radical (unpaired) electrons. The second kappa shape index (κ2) is 5.65. The molecule has 110 valence electrons. The van der Waals surface area contributed by atoms with Crippen LogP contribution in [-0.2, 0) is 0 Å². The number of anilines is 2. The summed E-state index contributed by atoms with van der Waals surface area (Å²) in [7, 11) is 1.80. The van der Waals surface area contributed by atoms with E-state index in [-0.39, 0.29) is 0 Å². The van der Waals surface area contributed by atoms with Gasteiger partial charge in [0.25, 0.3) is 0 Å². The van der Waals surface area contributed by atoms with E-state index in [1.54, 1.807) is 24.5 Å². The summed E-state index contributed by atoms with van der Waals surface area (Å²) in [5.41, 5.74) is 3.38. The second-order valence-corrected chi connectivity index (χ2v) is 4.51. The van der Waals surface area contributed by atoms with Crippen LogP contribution in [0.1, 0.15) is 0 Å². The molecule has 2 heterocycles. The molecule has 2 N–H and O–H groups in total. The number of nitrogens with zero attached hydrogens (tertiary/aromatic N) is 5. The normalized spacial score (nSPS) is 10.4. The molecule has 1 aromatic carbocycles. The van der Waals surface area contributed by atoms with Crippen molar-refractivity contribution in [2.24, 2.45) is 5.10 Å². The predicted molar refractivity (Wildman–Crippen MR) is 88.9 cm³/mol. The summed E-state index contributed by atoms with van der Waals surface area (Å²) in [6.07, 6.45) is 3.33. The first kappa shape index (κ1) is 13.7. The van der Waals surface area contributed by atoms with Crippen molar-refractivity contribution in [3.05, 3.63) is 43.2 Å². The standard InChI is InChI=1S/C15H15N7/c1-4-22(17-3)13-7-5-10(15-11(13)9-18-21-15)12-6-8-14(16-2)20-19-12/h4-9H,1,3H2,2H3,(H,16,20)(H,18,21). The van der Waals surface area contributed by atoms with E-state index in [1.165, 1.54) is 0 Å². The van der Waals surface area contributed by atoms with Crippen molar-refractivity contribution in [3.63, 3.8) is 0 Å². The molecule has 0 spiro atoms. The van der Waals surface area contributed by atoms with E-state index in [1.807, 2.05) is 24.3 Å². The lowest BCUT2D eigenvalue weighted by Gasteiger charge is -2.15. The minimum Gasteiger partial charge on any atom is -0.372 e. The third-order valence-corrected chi connectivity index (χ3v) is 3.36. The van der Waals surface area contributed by atoms with Crippen LogP contribution in [0.25, 0.3) is 22.2 Å². The summed E-state index contributed by atoms with van der Waals surface area (Å²) >= 11 is 0. The van der Waals surface area contributed by atoms with Crippen LogP contribution < -0.4 is 10.3 Å². The van der Waals surface area contributed by atoms with Crippen LogP contribution >= 0.6 is 0 Å². The molecular weight excluding hydrogens is 278 g/mol. The Labute approximate surface area is 127 Å². The van der Waals surface area contributed by atoms with Crippen molar-refractivity contribution in [3.8, 4) is 11.3 Å². The highest BCUT2D eigenvalue weighted by molar-refractivity contribution is 6.00. The molecule has 7 nitrogen and oxygen atoms in total. The highest BCUT2D eigenvalue weighted by Gasteiger charge is 2.13. The van der Waals surface area contributed by atoms with Crippen molar-refractivity contribution in [1.82, 2.24) is 20.4 Å². The van der Waals surface area contributed by atoms with Crippen molar-refractivity contribution in [1.29, 1.82) is 0 Å². The Bertz CT molecular complexity index is 812. The van der Waals surface area contributed by atoms with Gasteiger partial charge in [0.15, 0.2) is 0 Å². The third kappa shape index (κ3) is 2.18. The van der Waals surface area contributed by atoms with Crippen LogP contribution in [-0.4, -0.2) is 34.2 Å². The number of fused-ring (bicyclic) bond motifs is 1. The zero-order chi connectivity index (χ0) is 15.5. The van der Waals surface area contributed by atoms with Gasteiger partial charge in [0, 0.05) is 30.9 Å². The number of hydrogen-bond acceptors (Lipinski definition) is 6. The molecular formula is C15H15N7. The average Bonchev–Trinajstić information content (AvgIpc) is 3.06. The van der Waals surface area contributed by atoms with Crippen molar-refractivity contribution >= 4 is 29.1 Å². The molecule has 3 rings (SSSR count). The first-order valence-corrected chi connectivity index (χ1v) is 6.65. The van der Waals surface area contributed by atoms with E-state index in [9.17, 15) is 0 Å². The maximum atomic E-state index is 4.23. The van der Waals surface area contributed by atoms with Crippen molar-refractivity contribution in [2.75, 3.05) is 17.4 Å². The molecule has 0 aliphatic heterocycles. The Morgan fingerprint density at radius 3 is 2.77 bits per heavy atom. The van der Waals surface area contributed by atoms with Crippen LogP contribution in [0, 0.1) is 0 Å². The van der Waals surface area contributed by atoms with Crippen LogP contribution in [0.15, 0.2) is 48.3 Å². The first-order valence-electron chi connectivity index (χ1n) is 6.65. The maximum absolute atomic E-state index is 4.23. The Balaban J connectivity index is 2.16. The van der Waals surface area contributed by atoms with E-state index in [0.29, 0.717) is 0 Å². The lowest BCUT2D eigenvalue weighted by molar-refractivity contribution is 1.04. The van der Waals surface area contributed by atoms with E-state index in [0.717, 1.165) is 33.7 Å². The highest BCUT2D eigenvalue weighted by Crippen LogP contribution is 2.33. The zero-order valence-corrected chi connectivity index (χ0v) is 12.1. The van der Waals surface area contributed by atoms with Gasteiger partial charge in [-0.15, -0.1) is 10.2 Å². The van der Waals surface area contributed by atoms with Crippen LogP contribution in [0.2, 0.25) is 0 Å². The lowest BCUT2D eigenvalue weighted by Crippen LogP contribution is -2.06. The van der Waals surface area contributed by atoms with Gasteiger partial charge in [-0.2, -0.15) is 10.2 Å². The monoisotopic (exact) mass is 293 g/mol. The third-order valence-electron chi connectivity index (χ3n) is 3.36. The fourth-order valence-electron chi connectivity index (χ4n) is 2.28. The van der Waals surface area contributed by atoms with Gasteiger partial charge >= 0.3 is 0 Å². The van der Waals surface area contributed by atoms with Gasteiger partial charge in [-0.05, 0) is 24.3 Å². The Morgan fingerprint density at radius 2 is 2.14 bits per heavy atom. The largest absolute Gasteiger partial charge is 0.372 e. The number of nitrogens with one attached hydrogen (secondary N) is 2. The number of hydrogen-bond donors (Lipinski definition) is 2. The van der Waals surface area contributed by atoms with Gasteiger partial charge in [0.2, 0.25) is 0 Å². The quantitative estimate of drug-likeness (QED) is 0.558. The molecule has 2 aromatic heterocycles. The van der Waals surface area contributed by atoms with Gasteiger partial charge in [0.1, 0.15) is 5.82 Å². The lowest BCUT2D eigenvalue weighted by atomic mass is 10.1. The molecule has 0 saturated heterocycles. The van der Waals surface area contributed by atoms with Crippen LogP contribution in [0.3, 0.4) is 0 Å². The van der Waals surface area contributed by atoms with Gasteiger partial charge in [-0.25, -0.2) is 5.01 Å². The minimum absolute atomic E-state index is 0.718. The molecule has 0 atom stereocenters. The fourth-order valence-corrected chi connectivity index (χ4v) is 2.28. The van der Waals surface area contributed by atoms with E-state index in [4.69, 9.17) is 0 Å². The van der Waals surface area contributed by atoms with Crippen LogP contribution in [0.5, 0.6) is 0 Å². The second-order valence-electron chi connectivity index (χ2n) is 4.51. The maximum Gasteiger partial charge on any atom is 0.148 e. The Hall–Kier alpha value is -3.22. The molecule has 0 fully saturated rings. The molecule has 0 amide bonds. The molecule has 0 unspecified atom stereocenters. The van der Waals surface area contributed by atoms with E-state index < -0.39 is 0 Å². The number of hydrazone groups is 1. The summed E-state index contributed by atoms with van der Waals surface area (Å²) in [4.78, 5) is 0. The Morgan fingerprint density at radius 1 is 1.27 bits per heavy atom. The molecule has 7 heteroatoms. The topological polar surface area (TPSA) is 82.1 Å². The predicted octanol–water partition coefficient (Wildman–Crippen LogP) is 2.63. The van der Waals surface area contributed by atoms with Gasteiger partial charge < -0.3 is 5.32 Å². The molecule has 0 bridgehead atoms. The number of aromatic nitrogens is 4. The van der Waals surface area contributed by atoms with Gasteiger partial charge in [0.05, 0.1) is 23.1 Å². The van der Waals surface area contributed by atoms with Crippen LogP contribution in [0.4, 0.5) is 11.5 Å². The average molecular weight is 293 g/mol. The highest BCUT2D eigenvalue weighted by atomic mass is 15.4. The summed E-state index contributed by atoms with van der Waals surface area (Å²) in [6, 6.07) is 7.66. The molecule has 0 saturated carbocycles. The minimum atomic E-state index is 0.718. The van der Waals surface area contributed by atoms with Crippen molar-refractivity contribution in [2.45, 2.75) is 0 Å². The van der Waals surface area contributed by atoms with E-state index >= 15 is 0 Å². The smallest absolute Gasteiger partial charge is 0.148 e. The van der Waals surface area contributed by atoms with Gasteiger partial charge in [-0.1, -0.05) is 6.58 Å². The molecule has 3 aromatic rings. The van der Waals surface area contributed by atoms with E-state index in [2.05, 4.69) is 44.1 Å². The van der Waals surface area contributed by atoms with Crippen molar-refractivity contribution < 1.29 is 0 Å². The van der Waals surface area contributed by atoms with Gasteiger partial charge in [-0.3, -0.25) is 5.10 Å². The number of aromatic amines is 1. The molecule has 0 aliphatic carbocycles. The number of rotatable bonds is 5. The summed E-state index contributed by atoms with van der Waals surface area (Å²) < 4.78 is 0. The number of H-pyrrole nitrogens is 1. The zero-order valence-electron chi connectivity index (χ0n) is 12.1. The summed E-state index contributed by atoms with van der Waals surface area (Å²) in [6.45, 7) is 7.28. The first-order chi connectivity index (χ1) is 10.8. The Kier molecular flexibility index (Phi) is 3.53. The number of benzene rings is 1. The molecule has 22 heavy (non-hydrogen) atoms. The summed E-state index contributed by atoms with van der Waals surface area (Å²) in [5, 5.41) is 24.8. The summed E-state index contributed by atoms with van der Waals surface area (Å²) in [5.74, 6) is 0.718. The SMILES string of the molecule is C=CN(N=C)c1ccc(-c2ccc(NC)nn2)c2[nH]ncc12. The fraction of sp³-hybridized carbons (Fsp3) is 0.0667. The molecule has 0 aliphatic rings.